The van der Waals surface area contributed by atoms with Gasteiger partial charge in [-0.3, -0.25) is 0 Å². The second-order valence-corrected chi connectivity index (χ2v) is 4.64. The minimum Gasteiger partial charge on any atom is -0.397 e. The molecule has 0 atom stereocenters. The Bertz CT molecular complexity index is 256. The van der Waals surface area contributed by atoms with Crippen molar-refractivity contribution in [2.45, 2.75) is 44.6 Å². The maximum Gasteiger partial charge on any atom is 0.124 e. The maximum absolute atomic E-state index is 10.2. The summed E-state index contributed by atoms with van der Waals surface area (Å²) in [5, 5.41) is 20.6. The van der Waals surface area contributed by atoms with Gasteiger partial charge in [-0.05, 0) is 19.8 Å². The maximum atomic E-state index is 10.2. The molecule has 1 aliphatic rings. The smallest absolute Gasteiger partial charge is 0.124 e. The van der Waals surface area contributed by atoms with E-state index in [1.807, 2.05) is 5.38 Å². The number of aliphatic hydroxyl groups excluding tert-OH is 1. The van der Waals surface area contributed by atoms with Crippen molar-refractivity contribution in [1.82, 2.24) is 4.98 Å². The molecular formula is C11H19NO2S. The highest BCUT2D eigenvalue weighted by atomic mass is 32.1. The summed E-state index contributed by atoms with van der Waals surface area (Å²) in [5.74, 6) is 0. The van der Waals surface area contributed by atoms with Crippen molar-refractivity contribution in [2.24, 2.45) is 0 Å². The Kier molecular flexibility index (Phi) is 5.22. The summed E-state index contributed by atoms with van der Waals surface area (Å²) >= 11 is 1.57. The van der Waals surface area contributed by atoms with E-state index >= 15 is 0 Å². The number of aromatic nitrogens is 1. The van der Waals surface area contributed by atoms with E-state index in [1.165, 1.54) is 6.42 Å². The van der Waals surface area contributed by atoms with Gasteiger partial charge in [-0.15, -0.1) is 11.3 Å². The van der Waals surface area contributed by atoms with Gasteiger partial charge in [0.25, 0.3) is 0 Å². The van der Waals surface area contributed by atoms with Gasteiger partial charge >= 0.3 is 0 Å². The normalized spacial score (nSPS) is 19.1. The third-order valence-electron chi connectivity index (χ3n) is 2.51. The Morgan fingerprint density at radius 3 is 2.47 bits per heavy atom. The standard InChI is InChI=1S/C9H13NOS.C2H6O/c11-9(4-2-1-3-5-9)8-10-6-7-12-8;1-2-3/h6-7,11H,1-5H2;3H,2H2,1H3. The molecule has 0 aromatic carbocycles. The molecule has 15 heavy (non-hydrogen) atoms. The molecule has 1 aliphatic carbocycles. The van der Waals surface area contributed by atoms with Gasteiger partial charge in [-0.2, -0.15) is 0 Å². The fraction of sp³-hybridized carbons (Fsp3) is 0.727. The summed E-state index contributed by atoms with van der Waals surface area (Å²) in [6, 6.07) is 0. The Morgan fingerprint density at radius 1 is 1.40 bits per heavy atom. The molecule has 1 fully saturated rings. The lowest BCUT2D eigenvalue weighted by Crippen LogP contribution is -2.28. The van der Waals surface area contributed by atoms with Crippen LogP contribution in [0.4, 0.5) is 0 Å². The minimum atomic E-state index is -0.591. The number of nitrogens with zero attached hydrogens (tertiary/aromatic N) is 1. The van der Waals surface area contributed by atoms with E-state index in [1.54, 1.807) is 24.5 Å². The van der Waals surface area contributed by atoms with Crippen molar-refractivity contribution >= 4 is 11.3 Å². The van der Waals surface area contributed by atoms with Crippen LogP contribution in [0.3, 0.4) is 0 Å². The summed E-state index contributed by atoms with van der Waals surface area (Å²) in [7, 11) is 0. The Balaban J connectivity index is 0.000000337. The Hall–Kier alpha value is -0.450. The molecule has 0 aliphatic heterocycles. The van der Waals surface area contributed by atoms with E-state index in [2.05, 4.69) is 4.98 Å². The number of rotatable bonds is 1. The van der Waals surface area contributed by atoms with Gasteiger partial charge < -0.3 is 10.2 Å². The van der Waals surface area contributed by atoms with Gasteiger partial charge in [-0.25, -0.2) is 4.98 Å². The van der Waals surface area contributed by atoms with Crippen LogP contribution < -0.4 is 0 Å². The van der Waals surface area contributed by atoms with E-state index in [-0.39, 0.29) is 6.61 Å². The van der Waals surface area contributed by atoms with Crippen molar-refractivity contribution in [3.05, 3.63) is 16.6 Å². The molecular weight excluding hydrogens is 210 g/mol. The van der Waals surface area contributed by atoms with E-state index in [4.69, 9.17) is 5.11 Å². The van der Waals surface area contributed by atoms with Gasteiger partial charge in [0.15, 0.2) is 0 Å². The lowest BCUT2D eigenvalue weighted by molar-refractivity contribution is -0.000806. The summed E-state index contributed by atoms with van der Waals surface area (Å²) < 4.78 is 0. The molecule has 0 amide bonds. The van der Waals surface area contributed by atoms with Gasteiger partial charge in [0.05, 0.1) is 0 Å². The molecule has 1 aromatic rings. The topological polar surface area (TPSA) is 53.4 Å². The molecule has 2 N–H and O–H groups in total. The third-order valence-corrected chi connectivity index (χ3v) is 3.48. The zero-order valence-corrected chi connectivity index (χ0v) is 9.96. The second-order valence-electron chi connectivity index (χ2n) is 3.75. The summed E-state index contributed by atoms with van der Waals surface area (Å²) in [6.45, 7) is 1.93. The number of hydrogen-bond acceptors (Lipinski definition) is 4. The molecule has 4 heteroatoms. The third kappa shape index (κ3) is 3.55. The van der Waals surface area contributed by atoms with E-state index in [0.717, 1.165) is 30.7 Å². The van der Waals surface area contributed by atoms with Crippen LogP contribution in [-0.4, -0.2) is 21.8 Å². The lowest BCUT2D eigenvalue weighted by atomic mass is 9.85. The first-order chi connectivity index (χ1) is 7.23. The highest BCUT2D eigenvalue weighted by Gasteiger charge is 2.33. The summed E-state index contributed by atoms with van der Waals surface area (Å²) in [6.07, 6.45) is 7.08. The van der Waals surface area contributed by atoms with Crippen molar-refractivity contribution in [1.29, 1.82) is 0 Å². The van der Waals surface area contributed by atoms with Crippen LogP contribution in [0.2, 0.25) is 0 Å². The molecule has 0 bridgehead atoms. The first-order valence-corrected chi connectivity index (χ1v) is 6.34. The van der Waals surface area contributed by atoms with Crippen LogP contribution in [0.15, 0.2) is 11.6 Å². The molecule has 1 heterocycles. The molecule has 0 radical (unpaired) electrons. The van der Waals surface area contributed by atoms with Gasteiger partial charge in [-0.1, -0.05) is 19.3 Å². The van der Waals surface area contributed by atoms with Crippen LogP contribution in [0.5, 0.6) is 0 Å². The Morgan fingerprint density at radius 2 is 2.00 bits per heavy atom. The fourth-order valence-corrected chi connectivity index (χ4v) is 2.60. The Labute approximate surface area is 94.8 Å². The van der Waals surface area contributed by atoms with Crippen molar-refractivity contribution in [3.8, 4) is 0 Å². The van der Waals surface area contributed by atoms with Crippen molar-refractivity contribution < 1.29 is 10.2 Å². The number of thiazole rings is 1. The highest BCUT2D eigenvalue weighted by Crippen LogP contribution is 2.37. The predicted molar refractivity (Wildman–Crippen MR) is 61.9 cm³/mol. The van der Waals surface area contributed by atoms with Gasteiger partial charge in [0.2, 0.25) is 0 Å². The van der Waals surface area contributed by atoms with Crippen LogP contribution in [0.25, 0.3) is 0 Å². The first-order valence-electron chi connectivity index (χ1n) is 5.46. The van der Waals surface area contributed by atoms with Crippen molar-refractivity contribution in [3.63, 3.8) is 0 Å². The van der Waals surface area contributed by atoms with Crippen LogP contribution in [-0.2, 0) is 5.60 Å². The number of aliphatic hydroxyl groups is 2. The van der Waals surface area contributed by atoms with E-state index in [0.29, 0.717) is 0 Å². The molecule has 1 aromatic heterocycles. The second kappa shape index (κ2) is 6.20. The van der Waals surface area contributed by atoms with E-state index in [9.17, 15) is 5.11 Å². The van der Waals surface area contributed by atoms with Gasteiger partial charge in [0, 0.05) is 18.2 Å². The zero-order valence-electron chi connectivity index (χ0n) is 9.15. The summed E-state index contributed by atoms with van der Waals surface area (Å²) in [5.41, 5.74) is -0.591. The van der Waals surface area contributed by atoms with E-state index < -0.39 is 5.60 Å². The number of hydrogen-bond donors (Lipinski definition) is 2. The predicted octanol–water partition coefficient (Wildman–Crippen LogP) is 2.29. The monoisotopic (exact) mass is 229 g/mol. The molecule has 3 nitrogen and oxygen atoms in total. The SMILES string of the molecule is CCO.OC1(c2nccs2)CCCCC1. The lowest BCUT2D eigenvalue weighted by Gasteiger charge is -2.29. The molecule has 0 saturated heterocycles. The molecule has 0 spiro atoms. The largest absolute Gasteiger partial charge is 0.397 e. The van der Waals surface area contributed by atoms with Crippen LogP contribution in [0.1, 0.15) is 44.0 Å². The van der Waals surface area contributed by atoms with Crippen molar-refractivity contribution in [2.75, 3.05) is 6.61 Å². The van der Waals surface area contributed by atoms with Gasteiger partial charge in [0.1, 0.15) is 10.6 Å². The summed E-state index contributed by atoms with van der Waals surface area (Å²) in [4.78, 5) is 4.18. The molecule has 2 rings (SSSR count). The minimum absolute atomic E-state index is 0.250. The zero-order chi connectivity index (χ0) is 11.1. The highest BCUT2D eigenvalue weighted by molar-refractivity contribution is 7.09. The average Bonchev–Trinajstić information content (AvgIpc) is 2.73. The van der Waals surface area contributed by atoms with Crippen LogP contribution >= 0.6 is 11.3 Å². The average molecular weight is 229 g/mol. The van der Waals surface area contributed by atoms with Crippen LogP contribution in [0, 0.1) is 0 Å². The molecule has 1 saturated carbocycles. The fourth-order valence-electron chi connectivity index (χ4n) is 1.80. The first kappa shape index (κ1) is 12.6. The quantitative estimate of drug-likeness (QED) is 0.777. The molecule has 0 unspecified atom stereocenters. The molecule has 86 valence electrons.